The SMILES string of the molecule is O=C(NCC1(O)CCOCC1)c1cc(Br)cs1. The molecule has 1 aromatic rings. The zero-order valence-corrected chi connectivity index (χ0v) is 11.6. The molecule has 1 fully saturated rings. The monoisotopic (exact) mass is 319 g/mol. The van der Waals surface area contributed by atoms with Crippen LogP contribution in [0, 0.1) is 0 Å². The van der Waals surface area contributed by atoms with Gasteiger partial charge < -0.3 is 15.2 Å². The summed E-state index contributed by atoms with van der Waals surface area (Å²) in [4.78, 5) is 12.4. The lowest BCUT2D eigenvalue weighted by atomic mass is 9.94. The molecule has 0 unspecified atom stereocenters. The first kappa shape index (κ1) is 13.0. The van der Waals surface area contributed by atoms with Crippen molar-refractivity contribution in [3.8, 4) is 0 Å². The van der Waals surface area contributed by atoms with Crippen LogP contribution in [0.5, 0.6) is 0 Å². The van der Waals surface area contributed by atoms with Crippen molar-refractivity contribution in [1.29, 1.82) is 0 Å². The molecule has 0 radical (unpaired) electrons. The summed E-state index contributed by atoms with van der Waals surface area (Å²) >= 11 is 4.68. The van der Waals surface area contributed by atoms with Crippen LogP contribution in [0.4, 0.5) is 0 Å². The molecule has 1 aliphatic rings. The van der Waals surface area contributed by atoms with Gasteiger partial charge in [0.2, 0.25) is 0 Å². The molecule has 0 aliphatic carbocycles. The lowest BCUT2D eigenvalue weighted by Crippen LogP contribution is -2.46. The van der Waals surface area contributed by atoms with Crippen LogP contribution in [-0.2, 0) is 4.74 Å². The van der Waals surface area contributed by atoms with Crippen LogP contribution >= 0.6 is 27.3 Å². The number of aliphatic hydroxyl groups is 1. The fraction of sp³-hybridized carbons (Fsp3) is 0.545. The normalized spacial score (nSPS) is 18.9. The Labute approximate surface area is 112 Å². The number of carbonyl (C=O) groups excluding carboxylic acids is 1. The molecule has 4 nitrogen and oxygen atoms in total. The van der Waals surface area contributed by atoms with Gasteiger partial charge in [0.1, 0.15) is 0 Å². The van der Waals surface area contributed by atoms with E-state index in [0.717, 1.165) is 4.47 Å². The van der Waals surface area contributed by atoms with Crippen molar-refractivity contribution in [3.05, 3.63) is 20.8 Å². The third kappa shape index (κ3) is 3.51. The number of halogens is 1. The molecule has 1 aromatic heterocycles. The Morgan fingerprint density at radius 1 is 1.59 bits per heavy atom. The van der Waals surface area contributed by atoms with Crippen molar-refractivity contribution in [3.63, 3.8) is 0 Å². The van der Waals surface area contributed by atoms with Gasteiger partial charge in [0.15, 0.2) is 0 Å². The Bertz CT molecular complexity index is 401. The number of carbonyl (C=O) groups is 1. The maximum atomic E-state index is 11.8. The fourth-order valence-electron chi connectivity index (χ4n) is 1.69. The van der Waals surface area contributed by atoms with Crippen molar-refractivity contribution in [2.75, 3.05) is 19.8 Å². The molecule has 94 valence electrons. The molecule has 0 bridgehead atoms. The van der Waals surface area contributed by atoms with E-state index in [-0.39, 0.29) is 12.5 Å². The number of ether oxygens (including phenoxy) is 1. The Balaban J connectivity index is 1.87. The highest BCUT2D eigenvalue weighted by molar-refractivity contribution is 9.10. The highest BCUT2D eigenvalue weighted by Gasteiger charge is 2.30. The average molecular weight is 320 g/mol. The van der Waals surface area contributed by atoms with Crippen LogP contribution in [-0.4, -0.2) is 36.4 Å². The van der Waals surface area contributed by atoms with Crippen LogP contribution in [0.2, 0.25) is 0 Å². The molecule has 1 aliphatic heterocycles. The quantitative estimate of drug-likeness (QED) is 0.893. The molecule has 0 spiro atoms. The van der Waals surface area contributed by atoms with E-state index in [2.05, 4.69) is 21.2 Å². The molecular weight excluding hydrogens is 306 g/mol. The number of nitrogens with one attached hydrogen (secondary N) is 1. The average Bonchev–Trinajstić information content (AvgIpc) is 2.74. The summed E-state index contributed by atoms with van der Waals surface area (Å²) in [6, 6.07) is 1.77. The first-order valence-corrected chi connectivity index (χ1v) is 7.09. The Morgan fingerprint density at radius 2 is 2.29 bits per heavy atom. The van der Waals surface area contributed by atoms with Crippen molar-refractivity contribution in [2.45, 2.75) is 18.4 Å². The van der Waals surface area contributed by atoms with Crippen LogP contribution in [0.25, 0.3) is 0 Å². The van der Waals surface area contributed by atoms with Gasteiger partial charge in [0.25, 0.3) is 5.91 Å². The first-order valence-electron chi connectivity index (χ1n) is 5.41. The van der Waals surface area contributed by atoms with E-state index in [0.29, 0.717) is 30.9 Å². The van der Waals surface area contributed by atoms with Crippen LogP contribution in [0.1, 0.15) is 22.5 Å². The molecule has 17 heavy (non-hydrogen) atoms. The zero-order chi connectivity index (χ0) is 12.3. The minimum atomic E-state index is -0.817. The topological polar surface area (TPSA) is 58.6 Å². The van der Waals surface area contributed by atoms with E-state index >= 15 is 0 Å². The summed E-state index contributed by atoms with van der Waals surface area (Å²) in [5, 5.41) is 14.8. The van der Waals surface area contributed by atoms with Crippen molar-refractivity contribution >= 4 is 33.2 Å². The van der Waals surface area contributed by atoms with Gasteiger partial charge in [-0.1, -0.05) is 0 Å². The summed E-state index contributed by atoms with van der Waals surface area (Å²) < 4.78 is 6.08. The molecule has 0 atom stereocenters. The van der Waals surface area contributed by atoms with E-state index in [1.54, 1.807) is 6.07 Å². The van der Waals surface area contributed by atoms with Crippen molar-refractivity contribution < 1.29 is 14.6 Å². The van der Waals surface area contributed by atoms with Crippen LogP contribution in [0.15, 0.2) is 15.9 Å². The summed E-state index contributed by atoms with van der Waals surface area (Å²) in [6.07, 6.45) is 1.14. The smallest absolute Gasteiger partial charge is 0.261 e. The lowest BCUT2D eigenvalue weighted by Gasteiger charge is -2.31. The van der Waals surface area contributed by atoms with E-state index in [9.17, 15) is 9.90 Å². The van der Waals surface area contributed by atoms with Gasteiger partial charge in [-0.2, -0.15) is 0 Å². The highest BCUT2D eigenvalue weighted by Crippen LogP contribution is 2.21. The van der Waals surface area contributed by atoms with E-state index in [1.165, 1.54) is 11.3 Å². The Kier molecular flexibility index (Phi) is 4.19. The molecule has 1 saturated heterocycles. The highest BCUT2D eigenvalue weighted by atomic mass is 79.9. The molecule has 2 rings (SSSR count). The zero-order valence-electron chi connectivity index (χ0n) is 9.24. The van der Waals surface area contributed by atoms with Crippen molar-refractivity contribution in [2.24, 2.45) is 0 Å². The standard InChI is InChI=1S/C11H14BrNO3S/c12-8-5-9(17-6-8)10(14)13-7-11(15)1-3-16-4-2-11/h5-6,15H,1-4,7H2,(H,13,14). The van der Waals surface area contributed by atoms with E-state index < -0.39 is 5.60 Å². The predicted octanol–water partition coefficient (Wildman–Crippen LogP) is 1.78. The Hall–Kier alpha value is -0.430. The first-order chi connectivity index (χ1) is 8.09. The van der Waals surface area contributed by atoms with Gasteiger partial charge >= 0.3 is 0 Å². The number of amides is 1. The molecule has 2 heterocycles. The van der Waals surface area contributed by atoms with Crippen LogP contribution < -0.4 is 5.32 Å². The van der Waals surface area contributed by atoms with Gasteiger partial charge in [-0.15, -0.1) is 11.3 Å². The minimum absolute atomic E-state index is 0.138. The fourth-order valence-corrected chi connectivity index (χ4v) is 3.03. The third-order valence-electron chi connectivity index (χ3n) is 2.79. The Morgan fingerprint density at radius 3 is 2.88 bits per heavy atom. The van der Waals surface area contributed by atoms with Gasteiger partial charge in [-0.3, -0.25) is 4.79 Å². The van der Waals surface area contributed by atoms with Gasteiger partial charge in [-0.05, 0) is 22.0 Å². The second-order valence-electron chi connectivity index (χ2n) is 4.15. The number of hydrogen-bond donors (Lipinski definition) is 2. The number of thiophene rings is 1. The summed E-state index contributed by atoms with van der Waals surface area (Å²) in [5.74, 6) is -0.138. The largest absolute Gasteiger partial charge is 0.388 e. The maximum absolute atomic E-state index is 11.8. The maximum Gasteiger partial charge on any atom is 0.261 e. The number of hydrogen-bond acceptors (Lipinski definition) is 4. The molecule has 0 saturated carbocycles. The summed E-state index contributed by atoms with van der Waals surface area (Å²) in [7, 11) is 0. The van der Waals surface area contributed by atoms with Gasteiger partial charge in [0, 0.05) is 42.5 Å². The van der Waals surface area contributed by atoms with E-state index in [1.807, 2.05) is 5.38 Å². The van der Waals surface area contributed by atoms with Crippen molar-refractivity contribution in [1.82, 2.24) is 5.32 Å². The molecule has 2 N–H and O–H groups in total. The summed E-state index contributed by atoms with van der Waals surface area (Å²) in [6.45, 7) is 1.39. The number of rotatable bonds is 3. The minimum Gasteiger partial charge on any atom is -0.388 e. The van der Waals surface area contributed by atoms with Crippen LogP contribution in [0.3, 0.4) is 0 Å². The van der Waals surface area contributed by atoms with Gasteiger partial charge in [0.05, 0.1) is 10.5 Å². The molecular formula is C11H14BrNO3S. The predicted molar refractivity (Wildman–Crippen MR) is 69.4 cm³/mol. The molecule has 6 heteroatoms. The second kappa shape index (κ2) is 5.48. The van der Waals surface area contributed by atoms with E-state index in [4.69, 9.17) is 4.74 Å². The molecule has 1 amide bonds. The second-order valence-corrected chi connectivity index (χ2v) is 5.98. The van der Waals surface area contributed by atoms with Gasteiger partial charge in [-0.25, -0.2) is 0 Å². The lowest BCUT2D eigenvalue weighted by molar-refractivity contribution is -0.0605. The third-order valence-corrected chi connectivity index (χ3v) is 4.48. The molecule has 0 aromatic carbocycles. The summed E-state index contributed by atoms with van der Waals surface area (Å²) in [5.41, 5.74) is -0.817.